The molecule has 0 saturated carbocycles. The van der Waals surface area contributed by atoms with E-state index in [0.29, 0.717) is 0 Å². The number of hydrogen-bond acceptors (Lipinski definition) is 4. The molecule has 0 saturated heterocycles. The molecule has 0 spiro atoms. The van der Waals surface area contributed by atoms with Crippen LogP contribution in [0, 0.1) is 20.8 Å². The van der Waals surface area contributed by atoms with Crippen LogP contribution in [0.3, 0.4) is 0 Å². The fourth-order valence-electron chi connectivity index (χ4n) is 3.29. The quantitative estimate of drug-likeness (QED) is 0.431. The Kier molecular flexibility index (Phi) is 4.39. The molecule has 3 nitrogen and oxygen atoms in total. The molecule has 0 unspecified atom stereocenters. The Labute approximate surface area is 161 Å². The summed E-state index contributed by atoms with van der Waals surface area (Å²) in [5.41, 5.74) is 5.76. The maximum atomic E-state index is 6.06. The molecule has 2 aromatic heterocycles. The molecule has 1 N–H and O–H groups in total. The van der Waals surface area contributed by atoms with Gasteiger partial charge < -0.3 is 5.32 Å². The Balaban J connectivity index is 1.89. The van der Waals surface area contributed by atoms with E-state index in [0.717, 1.165) is 37.9 Å². The van der Waals surface area contributed by atoms with Gasteiger partial charge in [-0.2, -0.15) is 0 Å². The number of aromatic nitrogens is 2. The molecule has 5 heteroatoms. The number of aryl methyl sites for hydroxylation is 3. The highest BCUT2D eigenvalue weighted by Crippen LogP contribution is 2.41. The Bertz CT molecular complexity index is 1080. The monoisotopic (exact) mass is 379 g/mol. The lowest BCUT2D eigenvalue weighted by atomic mass is 10.0. The largest absolute Gasteiger partial charge is 0.340 e. The minimum absolute atomic E-state index is 0.732. The van der Waals surface area contributed by atoms with Gasteiger partial charge in [-0.1, -0.05) is 29.8 Å². The zero-order valence-electron chi connectivity index (χ0n) is 14.8. The molecule has 0 aliphatic heterocycles. The van der Waals surface area contributed by atoms with Gasteiger partial charge in [-0.3, -0.25) is 0 Å². The number of rotatable bonds is 3. The van der Waals surface area contributed by atoms with Gasteiger partial charge in [0.1, 0.15) is 17.0 Å². The zero-order chi connectivity index (χ0) is 18.3. The lowest BCUT2D eigenvalue weighted by Crippen LogP contribution is -1.96. The number of anilines is 2. The molecule has 26 heavy (non-hydrogen) atoms. The summed E-state index contributed by atoms with van der Waals surface area (Å²) in [6.07, 6.45) is 1.62. The molecule has 0 amide bonds. The second kappa shape index (κ2) is 6.71. The summed E-state index contributed by atoms with van der Waals surface area (Å²) in [6, 6.07) is 14.3. The van der Waals surface area contributed by atoms with E-state index in [1.54, 1.807) is 17.7 Å². The fourth-order valence-corrected chi connectivity index (χ4v) is 4.43. The van der Waals surface area contributed by atoms with E-state index < -0.39 is 0 Å². The van der Waals surface area contributed by atoms with E-state index in [-0.39, 0.29) is 0 Å². The van der Waals surface area contributed by atoms with E-state index >= 15 is 0 Å². The summed E-state index contributed by atoms with van der Waals surface area (Å²) in [5.74, 6) is 0.828. The second-order valence-corrected chi connectivity index (χ2v) is 8.08. The number of benzene rings is 2. The van der Waals surface area contributed by atoms with Crippen LogP contribution in [0.1, 0.15) is 16.0 Å². The molecule has 0 aliphatic rings. The minimum Gasteiger partial charge on any atom is -0.340 e. The van der Waals surface area contributed by atoms with Gasteiger partial charge >= 0.3 is 0 Å². The van der Waals surface area contributed by atoms with Gasteiger partial charge in [0, 0.05) is 21.2 Å². The summed E-state index contributed by atoms with van der Waals surface area (Å²) in [7, 11) is 0. The van der Waals surface area contributed by atoms with E-state index in [1.165, 1.54) is 16.0 Å². The zero-order valence-corrected chi connectivity index (χ0v) is 16.4. The van der Waals surface area contributed by atoms with Crippen molar-refractivity contribution in [2.45, 2.75) is 20.8 Å². The van der Waals surface area contributed by atoms with Crippen LogP contribution < -0.4 is 5.32 Å². The molecular formula is C21H18ClN3S. The number of nitrogens with zero attached hydrogens (tertiary/aromatic N) is 2. The first-order valence-electron chi connectivity index (χ1n) is 8.36. The van der Waals surface area contributed by atoms with Crippen LogP contribution in [-0.4, -0.2) is 9.97 Å². The van der Waals surface area contributed by atoms with Gasteiger partial charge in [0.05, 0.1) is 5.39 Å². The molecule has 0 fully saturated rings. The first-order chi connectivity index (χ1) is 12.5. The van der Waals surface area contributed by atoms with E-state index in [1.807, 2.05) is 24.3 Å². The summed E-state index contributed by atoms with van der Waals surface area (Å²) in [4.78, 5) is 11.2. The average Bonchev–Trinajstić information content (AvgIpc) is 2.92. The summed E-state index contributed by atoms with van der Waals surface area (Å²) in [5, 5.41) is 5.28. The molecule has 2 aromatic carbocycles. The SMILES string of the molecule is Cc1cc(C)cc(Nc2ncnc3sc(C)c(-c4ccc(Cl)cc4)c23)c1. The van der Waals surface area contributed by atoms with Crippen molar-refractivity contribution >= 4 is 44.7 Å². The highest BCUT2D eigenvalue weighted by atomic mass is 35.5. The molecule has 0 radical (unpaired) electrons. The summed E-state index contributed by atoms with van der Waals surface area (Å²) < 4.78 is 0. The summed E-state index contributed by atoms with van der Waals surface area (Å²) >= 11 is 7.75. The maximum absolute atomic E-state index is 6.06. The van der Waals surface area contributed by atoms with Gasteiger partial charge in [0.2, 0.25) is 0 Å². The van der Waals surface area contributed by atoms with Crippen LogP contribution in [0.25, 0.3) is 21.3 Å². The highest BCUT2D eigenvalue weighted by molar-refractivity contribution is 7.19. The molecule has 2 heterocycles. The van der Waals surface area contributed by atoms with Gasteiger partial charge in [0.15, 0.2) is 0 Å². The number of nitrogens with one attached hydrogen (secondary N) is 1. The average molecular weight is 380 g/mol. The van der Waals surface area contributed by atoms with Crippen molar-refractivity contribution in [3.8, 4) is 11.1 Å². The first-order valence-corrected chi connectivity index (χ1v) is 9.56. The van der Waals surface area contributed by atoms with Crippen molar-refractivity contribution in [1.82, 2.24) is 9.97 Å². The predicted octanol–water partition coefficient (Wildman–Crippen LogP) is 6.68. The Morgan fingerprint density at radius 1 is 0.923 bits per heavy atom. The van der Waals surface area contributed by atoms with E-state index in [4.69, 9.17) is 11.6 Å². The summed E-state index contributed by atoms with van der Waals surface area (Å²) in [6.45, 7) is 6.32. The number of thiophene rings is 1. The third kappa shape index (κ3) is 3.18. The Hall–Kier alpha value is -2.43. The van der Waals surface area contributed by atoms with Crippen LogP contribution in [-0.2, 0) is 0 Å². The van der Waals surface area contributed by atoms with Gasteiger partial charge in [-0.25, -0.2) is 9.97 Å². The van der Waals surface area contributed by atoms with Gasteiger partial charge in [-0.05, 0) is 61.7 Å². The van der Waals surface area contributed by atoms with Crippen LogP contribution in [0.15, 0.2) is 48.8 Å². The molecular weight excluding hydrogens is 362 g/mol. The highest BCUT2D eigenvalue weighted by Gasteiger charge is 2.17. The Morgan fingerprint density at radius 3 is 2.31 bits per heavy atom. The minimum atomic E-state index is 0.732. The normalized spacial score (nSPS) is 11.1. The van der Waals surface area contributed by atoms with Crippen LogP contribution in [0.4, 0.5) is 11.5 Å². The third-order valence-electron chi connectivity index (χ3n) is 4.28. The number of hydrogen-bond donors (Lipinski definition) is 1. The third-order valence-corrected chi connectivity index (χ3v) is 5.55. The predicted molar refractivity (Wildman–Crippen MR) is 112 cm³/mol. The standard InChI is InChI=1S/C21H18ClN3S/c1-12-8-13(2)10-17(9-12)25-20-19-18(15-4-6-16(22)7-5-15)14(3)26-21(19)24-11-23-20/h4-11H,1-3H3,(H,23,24,25). The van der Waals surface area contributed by atoms with Crippen LogP contribution >= 0.6 is 22.9 Å². The smallest absolute Gasteiger partial charge is 0.143 e. The maximum Gasteiger partial charge on any atom is 0.143 e. The van der Waals surface area contributed by atoms with Crippen molar-refractivity contribution in [3.63, 3.8) is 0 Å². The molecule has 4 rings (SSSR count). The van der Waals surface area contributed by atoms with E-state index in [9.17, 15) is 0 Å². The van der Waals surface area contributed by atoms with E-state index in [2.05, 4.69) is 54.3 Å². The van der Waals surface area contributed by atoms with Gasteiger partial charge in [0.25, 0.3) is 0 Å². The fraction of sp³-hybridized carbons (Fsp3) is 0.143. The van der Waals surface area contributed by atoms with Crippen LogP contribution in [0.5, 0.6) is 0 Å². The van der Waals surface area contributed by atoms with Gasteiger partial charge in [-0.15, -0.1) is 11.3 Å². The molecule has 4 aromatic rings. The molecule has 130 valence electrons. The van der Waals surface area contributed by atoms with Crippen molar-refractivity contribution < 1.29 is 0 Å². The van der Waals surface area contributed by atoms with Crippen molar-refractivity contribution in [1.29, 1.82) is 0 Å². The van der Waals surface area contributed by atoms with Crippen molar-refractivity contribution in [2.24, 2.45) is 0 Å². The second-order valence-electron chi connectivity index (χ2n) is 6.44. The van der Waals surface area contributed by atoms with Crippen molar-refractivity contribution in [3.05, 3.63) is 69.8 Å². The molecule has 0 atom stereocenters. The number of fused-ring (bicyclic) bond motifs is 1. The molecule has 0 bridgehead atoms. The lowest BCUT2D eigenvalue weighted by Gasteiger charge is -2.10. The van der Waals surface area contributed by atoms with Crippen LogP contribution in [0.2, 0.25) is 5.02 Å². The Morgan fingerprint density at radius 2 is 1.62 bits per heavy atom. The number of halogens is 1. The molecule has 0 aliphatic carbocycles. The first kappa shape index (κ1) is 17.0. The lowest BCUT2D eigenvalue weighted by molar-refractivity contribution is 1.23. The topological polar surface area (TPSA) is 37.8 Å². The van der Waals surface area contributed by atoms with Crippen molar-refractivity contribution in [2.75, 3.05) is 5.32 Å².